The first-order valence-corrected chi connectivity index (χ1v) is 17.6. The van der Waals surface area contributed by atoms with Crippen LogP contribution in [-0.2, 0) is 19.1 Å². The van der Waals surface area contributed by atoms with Gasteiger partial charge < -0.3 is 40.1 Å². The van der Waals surface area contributed by atoms with E-state index in [1.165, 1.54) is 0 Å². The predicted molar refractivity (Wildman–Crippen MR) is 167 cm³/mol. The molecule has 6 aliphatic rings. The molecular weight excluding hydrogens is 592 g/mol. The Kier molecular flexibility index (Phi) is 8.38. The number of aliphatic hydroxyl groups excluding tert-OH is 4. The molecule has 46 heavy (non-hydrogen) atoms. The molecule has 5 aliphatic carbocycles. The quantitative estimate of drug-likeness (QED) is 0.189. The molecule has 260 valence electrons. The summed E-state index contributed by atoms with van der Waals surface area (Å²) in [5.41, 5.74) is -2.32. The molecule has 6 rings (SSSR count). The number of rotatable bonds is 5. The topological polar surface area (TPSA) is 174 Å². The number of hydrogen-bond acceptors (Lipinski definition) is 8. The molecule has 0 aromatic carbocycles. The largest absolute Gasteiger partial charge is 0.481 e. The average Bonchev–Trinajstić information content (AvgIpc) is 2.99. The van der Waals surface area contributed by atoms with E-state index in [0.29, 0.717) is 38.0 Å². The maximum Gasteiger partial charge on any atom is 0.314 e. The molecule has 1 unspecified atom stereocenters. The van der Waals surface area contributed by atoms with Crippen molar-refractivity contribution in [2.24, 2.45) is 56.7 Å². The number of allylic oxidation sites excluding steroid dienone is 1. The number of hydrogen-bond donors (Lipinski definition) is 6. The van der Waals surface area contributed by atoms with E-state index in [1.807, 2.05) is 0 Å². The minimum absolute atomic E-state index is 0.0692. The Hall–Kier alpha value is -1.56. The molecule has 0 radical (unpaired) electrons. The van der Waals surface area contributed by atoms with Crippen molar-refractivity contribution < 1.29 is 49.7 Å². The lowest BCUT2D eigenvalue weighted by molar-refractivity contribution is -0.330. The second kappa shape index (κ2) is 11.2. The van der Waals surface area contributed by atoms with Gasteiger partial charge in [-0.3, -0.25) is 9.59 Å². The second-order valence-corrected chi connectivity index (χ2v) is 17.2. The Morgan fingerprint density at radius 2 is 1.57 bits per heavy atom. The smallest absolute Gasteiger partial charge is 0.314 e. The average molecular weight is 649 g/mol. The van der Waals surface area contributed by atoms with Crippen LogP contribution in [0.2, 0.25) is 0 Å². The van der Waals surface area contributed by atoms with Crippen molar-refractivity contribution in [1.82, 2.24) is 0 Å². The second-order valence-electron chi connectivity index (χ2n) is 17.2. The molecule has 6 N–H and O–H groups in total. The molecule has 10 nitrogen and oxygen atoms in total. The number of carbonyl (C=O) groups is 2. The van der Waals surface area contributed by atoms with E-state index in [2.05, 4.69) is 47.6 Å². The van der Waals surface area contributed by atoms with Gasteiger partial charge in [0.15, 0.2) is 6.29 Å². The van der Waals surface area contributed by atoms with Gasteiger partial charge in [0.1, 0.15) is 24.4 Å². The Bertz CT molecular complexity index is 1260. The van der Waals surface area contributed by atoms with E-state index in [4.69, 9.17) is 9.47 Å². The summed E-state index contributed by atoms with van der Waals surface area (Å²) in [6.07, 6.45) is 0.942. The summed E-state index contributed by atoms with van der Waals surface area (Å²) < 4.78 is 12.1. The molecule has 15 atom stereocenters. The molecule has 4 saturated carbocycles. The van der Waals surface area contributed by atoms with Crippen molar-refractivity contribution in [3.63, 3.8) is 0 Å². The van der Waals surface area contributed by atoms with Crippen LogP contribution >= 0.6 is 0 Å². The Morgan fingerprint density at radius 3 is 2.20 bits per heavy atom. The van der Waals surface area contributed by atoms with Gasteiger partial charge in [-0.05, 0) is 104 Å². The SMILES string of the molecule is C[C@H]1[C@H](C)CC[C@]2(C(=O)O)CC[C@]3(C(=O)O)C(=CC[C@@H]4[C@@]5(C)CCC(O[C@@H]6O[C@H](CO)[C@@H](O)[C@H](O)[C@H]6O)C(C)(C)[C@@H]5CC[C@]43C)[C@H]12. The highest BCUT2D eigenvalue weighted by molar-refractivity contribution is 5.84. The van der Waals surface area contributed by atoms with Gasteiger partial charge in [-0.25, -0.2) is 0 Å². The predicted octanol–water partition coefficient (Wildman–Crippen LogP) is 3.98. The van der Waals surface area contributed by atoms with Crippen LogP contribution in [0.5, 0.6) is 0 Å². The molecular formula is C36H56O10. The number of carboxylic acid groups (broad SMARTS) is 2. The monoisotopic (exact) mass is 648 g/mol. The van der Waals surface area contributed by atoms with E-state index in [1.54, 1.807) is 0 Å². The van der Waals surface area contributed by atoms with Crippen LogP contribution in [0.4, 0.5) is 0 Å². The molecule has 0 aromatic rings. The Morgan fingerprint density at radius 1 is 0.870 bits per heavy atom. The van der Waals surface area contributed by atoms with Crippen molar-refractivity contribution in [1.29, 1.82) is 0 Å². The highest BCUT2D eigenvalue weighted by Gasteiger charge is 2.73. The van der Waals surface area contributed by atoms with E-state index in [0.717, 1.165) is 31.3 Å². The summed E-state index contributed by atoms with van der Waals surface area (Å²) in [7, 11) is 0. The van der Waals surface area contributed by atoms with Crippen molar-refractivity contribution in [3.8, 4) is 0 Å². The summed E-state index contributed by atoms with van der Waals surface area (Å²) in [6.45, 7) is 12.6. The summed E-state index contributed by atoms with van der Waals surface area (Å²) in [5.74, 6) is -1.24. The number of fused-ring (bicyclic) bond motifs is 7. The van der Waals surface area contributed by atoms with Gasteiger partial charge in [0, 0.05) is 0 Å². The first kappa shape index (κ1) is 34.3. The van der Waals surface area contributed by atoms with Gasteiger partial charge >= 0.3 is 11.9 Å². The lowest BCUT2D eigenvalue weighted by atomic mass is 9.33. The first-order chi connectivity index (χ1) is 21.4. The fraction of sp³-hybridized carbons (Fsp3) is 0.889. The van der Waals surface area contributed by atoms with Crippen molar-refractivity contribution >= 4 is 11.9 Å². The highest BCUT2D eigenvalue weighted by atomic mass is 16.7. The summed E-state index contributed by atoms with van der Waals surface area (Å²) in [6, 6.07) is 0. The van der Waals surface area contributed by atoms with Gasteiger partial charge in [0.05, 0.1) is 23.5 Å². The van der Waals surface area contributed by atoms with Gasteiger partial charge in [0.25, 0.3) is 0 Å². The third-order valence-electron chi connectivity index (χ3n) is 15.3. The lowest BCUT2D eigenvalue weighted by Crippen LogP contribution is -2.68. The van der Waals surface area contributed by atoms with Crippen LogP contribution in [0.15, 0.2) is 11.6 Å². The van der Waals surface area contributed by atoms with E-state index in [-0.39, 0.29) is 35.2 Å². The van der Waals surface area contributed by atoms with Crippen molar-refractivity contribution in [2.45, 2.75) is 136 Å². The van der Waals surface area contributed by atoms with Crippen LogP contribution in [0.25, 0.3) is 0 Å². The maximum atomic E-state index is 13.8. The summed E-state index contributed by atoms with van der Waals surface area (Å²) in [5, 5.41) is 63.0. The van der Waals surface area contributed by atoms with Gasteiger partial charge in [-0.15, -0.1) is 0 Å². The fourth-order valence-electron chi connectivity index (χ4n) is 12.6. The van der Waals surface area contributed by atoms with Crippen molar-refractivity contribution in [3.05, 3.63) is 11.6 Å². The van der Waals surface area contributed by atoms with Gasteiger partial charge in [-0.2, -0.15) is 0 Å². The van der Waals surface area contributed by atoms with Crippen LogP contribution < -0.4 is 0 Å². The van der Waals surface area contributed by atoms with Gasteiger partial charge in [-0.1, -0.05) is 53.2 Å². The number of ether oxygens (including phenoxy) is 2. The molecule has 5 fully saturated rings. The Labute approximate surface area is 272 Å². The highest BCUT2D eigenvalue weighted by Crippen LogP contribution is 2.76. The number of carboxylic acids is 2. The van der Waals surface area contributed by atoms with Crippen LogP contribution in [0.1, 0.15) is 99.3 Å². The summed E-state index contributed by atoms with van der Waals surface area (Å²) >= 11 is 0. The fourth-order valence-corrected chi connectivity index (χ4v) is 12.6. The zero-order valence-electron chi connectivity index (χ0n) is 28.3. The molecule has 0 spiro atoms. The van der Waals surface area contributed by atoms with E-state index >= 15 is 0 Å². The molecule has 10 heteroatoms. The molecule has 0 bridgehead atoms. The molecule has 0 aromatic heterocycles. The lowest BCUT2D eigenvalue weighted by Gasteiger charge is -2.70. The third-order valence-corrected chi connectivity index (χ3v) is 15.3. The normalized spacial score (nSPS) is 53.1. The van der Waals surface area contributed by atoms with Crippen LogP contribution in [0.3, 0.4) is 0 Å². The van der Waals surface area contributed by atoms with Crippen LogP contribution in [0, 0.1) is 56.7 Å². The Balaban J connectivity index is 1.34. The zero-order valence-corrected chi connectivity index (χ0v) is 28.3. The first-order valence-electron chi connectivity index (χ1n) is 17.6. The maximum absolute atomic E-state index is 13.8. The van der Waals surface area contributed by atoms with Crippen LogP contribution in [-0.4, -0.2) is 86.0 Å². The number of aliphatic hydroxyl groups is 4. The van der Waals surface area contributed by atoms with E-state index < -0.39 is 70.9 Å². The minimum atomic E-state index is -1.51. The minimum Gasteiger partial charge on any atom is -0.481 e. The summed E-state index contributed by atoms with van der Waals surface area (Å²) in [4.78, 5) is 26.8. The molecule has 1 aliphatic heterocycles. The third kappa shape index (κ3) is 4.35. The zero-order chi connectivity index (χ0) is 33.8. The molecule has 1 saturated heterocycles. The van der Waals surface area contributed by atoms with Crippen molar-refractivity contribution in [2.75, 3.05) is 6.61 Å². The molecule has 0 amide bonds. The standard InChI is InChI=1S/C36H56O10/c1-18-9-14-35(30(41)42)15-16-36(31(43)44)20(25(35)19(18)2)7-8-23-33(5)12-11-24(32(3,4)22(33)10-13-34(23,36)6)46-29-28(40)27(39)26(38)21(17-37)45-29/h7,18-19,21-29,37-40H,8-17H2,1-6H3,(H,41,42)(H,43,44)/t18-,19+,21-,22+,23-,24?,25+,26-,27+,28-,29+,33+,34-,35+,36-/m1/s1. The molecule has 1 heterocycles. The van der Waals surface area contributed by atoms with Gasteiger partial charge in [0.2, 0.25) is 0 Å². The number of aliphatic carboxylic acids is 2. The van der Waals surface area contributed by atoms with E-state index in [9.17, 15) is 40.2 Å².